The second-order valence-electron chi connectivity index (χ2n) is 3.93. The standard InChI is InChI=1S/C13H11Br2N3O/c14-10-5-7(16)1-3-9(10)13(19)18-12-4-2-8(17)6-11(12)15/h1-6H,16-17H2,(H,18,19). The molecule has 19 heavy (non-hydrogen) atoms. The molecule has 2 aromatic carbocycles. The molecule has 0 atom stereocenters. The van der Waals surface area contributed by atoms with Gasteiger partial charge in [0.05, 0.1) is 11.3 Å². The largest absolute Gasteiger partial charge is 0.399 e. The van der Waals surface area contributed by atoms with Gasteiger partial charge >= 0.3 is 0 Å². The number of halogens is 2. The van der Waals surface area contributed by atoms with Crippen LogP contribution in [0, 0.1) is 0 Å². The molecule has 0 heterocycles. The number of carbonyl (C=O) groups excluding carboxylic acids is 1. The number of benzene rings is 2. The summed E-state index contributed by atoms with van der Waals surface area (Å²) in [5, 5.41) is 2.80. The van der Waals surface area contributed by atoms with Gasteiger partial charge in [-0.2, -0.15) is 0 Å². The summed E-state index contributed by atoms with van der Waals surface area (Å²) in [7, 11) is 0. The zero-order valence-electron chi connectivity index (χ0n) is 9.78. The van der Waals surface area contributed by atoms with Gasteiger partial charge in [-0.1, -0.05) is 0 Å². The van der Waals surface area contributed by atoms with E-state index < -0.39 is 0 Å². The molecule has 0 bridgehead atoms. The summed E-state index contributed by atoms with van der Waals surface area (Å²) in [6.07, 6.45) is 0. The maximum Gasteiger partial charge on any atom is 0.256 e. The zero-order valence-corrected chi connectivity index (χ0v) is 13.0. The van der Waals surface area contributed by atoms with Crippen LogP contribution < -0.4 is 16.8 Å². The second kappa shape index (κ2) is 5.63. The SMILES string of the molecule is Nc1ccc(NC(=O)c2ccc(N)cc2Br)c(Br)c1. The van der Waals surface area contributed by atoms with Gasteiger partial charge in [-0.3, -0.25) is 4.79 Å². The number of hydrogen-bond donors (Lipinski definition) is 3. The van der Waals surface area contributed by atoms with Gasteiger partial charge < -0.3 is 16.8 Å². The van der Waals surface area contributed by atoms with Crippen LogP contribution in [0.3, 0.4) is 0 Å². The number of nitrogens with two attached hydrogens (primary N) is 2. The van der Waals surface area contributed by atoms with Crippen molar-refractivity contribution in [2.24, 2.45) is 0 Å². The average molecular weight is 385 g/mol. The van der Waals surface area contributed by atoms with Crippen molar-refractivity contribution in [3.8, 4) is 0 Å². The van der Waals surface area contributed by atoms with E-state index in [2.05, 4.69) is 37.2 Å². The number of hydrogen-bond acceptors (Lipinski definition) is 3. The van der Waals surface area contributed by atoms with Crippen molar-refractivity contribution >= 4 is 54.8 Å². The van der Waals surface area contributed by atoms with Crippen molar-refractivity contribution in [3.05, 3.63) is 50.9 Å². The maximum absolute atomic E-state index is 12.1. The minimum atomic E-state index is -0.225. The Kier molecular flexibility index (Phi) is 4.11. The fourth-order valence-electron chi connectivity index (χ4n) is 1.54. The first-order chi connectivity index (χ1) is 8.97. The second-order valence-corrected chi connectivity index (χ2v) is 5.64. The number of anilines is 3. The monoisotopic (exact) mass is 383 g/mol. The lowest BCUT2D eigenvalue weighted by molar-refractivity contribution is 0.102. The Bertz CT molecular complexity index is 644. The predicted molar refractivity (Wildman–Crippen MR) is 85.1 cm³/mol. The Hall–Kier alpha value is -1.53. The molecular weight excluding hydrogens is 374 g/mol. The van der Waals surface area contributed by atoms with Gasteiger partial charge in [-0.05, 0) is 68.3 Å². The molecule has 0 unspecified atom stereocenters. The maximum atomic E-state index is 12.1. The number of nitrogens with one attached hydrogen (secondary N) is 1. The zero-order chi connectivity index (χ0) is 14.0. The van der Waals surface area contributed by atoms with Crippen LogP contribution in [0.25, 0.3) is 0 Å². The molecule has 6 heteroatoms. The third-order valence-electron chi connectivity index (χ3n) is 2.48. The highest BCUT2D eigenvalue weighted by atomic mass is 79.9. The Balaban J connectivity index is 2.25. The lowest BCUT2D eigenvalue weighted by Gasteiger charge is -2.09. The van der Waals surface area contributed by atoms with E-state index in [0.29, 0.717) is 27.1 Å². The molecular formula is C13H11Br2N3O. The lowest BCUT2D eigenvalue weighted by Crippen LogP contribution is -2.13. The molecule has 0 aliphatic rings. The van der Waals surface area contributed by atoms with E-state index in [1.807, 2.05) is 0 Å². The topological polar surface area (TPSA) is 81.1 Å². The molecule has 0 radical (unpaired) electrons. The van der Waals surface area contributed by atoms with Gasteiger partial charge in [0.15, 0.2) is 0 Å². The molecule has 0 fully saturated rings. The Morgan fingerprint density at radius 1 is 0.947 bits per heavy atom. The summed E-state index contributed by atoms with van der Waals surface area (Å²) < 4.78 is 1.38. The van der Waals surface area contributed by atoms with Crippen molar-refractivity contribution in [3.63, 3.8) is 0 Å². The van der Waals surface area contributed by atoms with Crippen LogP contribution in [0.5, 0.6) is 0 Å². The van der Waals surface area contributed by atoms with E-state index >= 15 is 0 Å². The number of amides is 1. The Morgan fingerprint density at radius 3 is 2.11 bits per heavy atom. The van der Waals surface area contributed by atoms with Gasteiger partial charge in [-0.15, -0.1) is 0 Å². The molecule has 1 amide bonds. The first kappa shape index (κ1) is 13.9. The van der Waals surface area contributed by atoms with Crippen LogP contribution in [0.2, 0.25) is 0 Å². The van der Waals surface area contributed by atoms with Gasteiger partial charge in [0.1, 0.15) is 0 Å². The summed E-state index contributed by atoms with van der Waals surface area (Å²) >= 11 is 6.67. The quantitative estimate of drug-likeness (QED) is 0.691. The molecule has 0 saturated carbocycles. The van der Waals surface area contributed by atoms with Crippen molar-refractivity contribution in [1.82, 2.24) is 0 Å². The Labute approximate surface area is 127 Å². The van der Waals surface area contributed by atoms with Crippen LogP contribution >= 0.6 is 31.9 Å². The van der Waals surface area contributed by atoms with Crippen LogP contribution in [-0.4, -0.2) is 5.91 Å². The van der Waals surface area contributed by atoms with Crippen molar-refractivity contribution in [2.75, 3.05) is 16.8 Å². The number of carbonyl (C=O) groups is 1. The molecule has 5 N–H and O–H groups in total. The van der Waals surface area contributed by atoms with E-state index in [1.165, 1.54) is 0 Å². The van der Waals surface area contributed by atoms with E-state index in [9.17, 15) is 4.79 Å². The summed E-state index contributed by atoms with van der Waals surface area (Å²) in [6, 6.07) is 10.2. The van der Waals surface area contributed by atoms with Gasteiger partial charge in [-0.25, -0.2) is 0 Å². The molecule has 0 aromatic heterocycles. The molecule has 2 rings (SSSR count). The average Bonchev–Trinajstić information content (AvgIpc) is 2.32. The van der Waals surface area contributed by atoms with Crippen molar-refractivity contribution in [1.29, 1.82) is 0 Å². The normalized spacial score (nSPS) is 10.2. The van der Waals surface area contributed by atoms with Gasteiger partial charge in [0.25, 0.3) is 5.91 Å². The molecule has 0 saturated heterocycles. The summed E-state index contributed by atoms with van der Waals surface area (Å²) in [5.74, 6) is -0.225. The number of rotatable bonds is 2. The minimum absolute atomic E-state index is 0.225. The van der Waals surface area contributed by atoms with Crippen LogP contribution in [-0.2, 0) is 0 Å². The highest BCUT2D eigenvalue weighted by Crippen LogP contribution is 2.26. The van der Waals surface area contributed by atoms with Crippen molar-refractivity contribution < 1.29 is 4.79 Å². The fourth-order valence-corrected chi connectivity index (χ4v) is 2.61. The first-order valence-electron chi connectivity index (χ1n) is 5.39. The summed E-state index contributed by atoms with van der Waals surface area (Å²) in [4.78, 5) is 12.1. The Morgan fingerprint density at radius 2 is 1.53 bits per heavy atom. The third kappa shape index (κ3) is 3.27. The van der Waals surface area contributed by atoms with Crippen LogP contribution in [0.1, 0.15) is 10.4 Å². The first-order valence-corrected chi connectivity index (χ1v) is 6.97. The molecule has 0 aliphatic carbocycles. The van der Waals surface area contributed by atoms with Crippen LogP contribution in [0.15, 0.2) is 45.3 Å². The molecule has 98 valence electrons. The molecule has 2 aromatic rings. The molecule has 0 aliphatic heterocycles. The fraction of sp³-hybridized carbons (Fsp3) is 0. The van der Waals surface area contributed by atoms with E-state index in [0.717, 1.165) is 4.47 Å². The van der Waals surface area contributed by atoms with E-state index in [1.54, 1.807) is 36.4 Å². The van der Waals surface area contributed by atoms with Crippen LogP contribution in [0.4, 0.5) is 17.1 Å². The van der Waals surface area contributed by atoms with E-state index in [-0.39, 0.29) is 5.91 Å². The minimum Gasteiger partial charge on any atom is -0.399 e. The van der Waals surface area contributed by atoms with Gasteiger partial charge in [0, 0.05) is 20.3 Å². The number of nitrogen functional groups attached to an aromatic ring is 2. The van der Waals surface area contributed by atoms with Crippen molar-refractivity contribution in [2.45, 2.75) is 0 Å². The van der Waals surface area contributed by atoms with Gasteiger partial charge in [0.2, 0.25) is 0 Å². The summed E-state index contributed by atoms with van der Waals surface area (Å²) in [6.45, 7) is 0. The predicted octanol–water partition coefficient (Wildman–Crippen LogP) is 3.63. The smallest absolute Gasteiger partial charge is 0.256 e. The molecule has 0 spiro atoms. The van der Waals surface area contributed by atoms with E-state index in [4.69, 9.17) is 11.5 Å². The lowest BCUT2D eigenvalue weighted by atomic mass is 10.2. The highest BCUT2D eigenvalue weighted by Gasteiger charge is 2.11. The summed E-state index contributed by atoms with van der Waals surface area (Å²) in [5.41, 5.74) is 13.7. The molecule has 4 nitrogen and oxygen atoms in total. The highest BCUT2D eigenvalue weighted by molar-refractivity contribution is 9.11. The third-order valence-corrected chi connectivity index (χ3v) is 3.79.